The topological polar surface area (TPSA) is 12.0 Å². The third-order valence-corrected chi connectivity index (χ3v) is 3.89. The molecule has 1 saturated heterocycles. The number of piperidine rings is 1. The summed E-state index contributed by atoms with van der Waals surface area (Å²) in [5, 5.41) is 3.43. The van der Waals surface area contributed by atoms with Gasteiger partial charge in [-0.25, -0.2) is 4.39 Å². The lowest BCUT2D eigenvalue weighted by Gasteiger charge is -2.37. The lowest BCUT2D eigenvalue weighted by molar-refractivity contribution is 0.251. The summed E-state index contributed by atoms with van der Waals surface area (Å²) in [4.78, 5) is 0. The first-order chi connectivity index (χ1) is 7.60. The highest BCUT2D eigenvalue weighted by atomic mass is 19.1. The zero-order valence-electron chi connectivity index (χ0n) is 10.1. The molecule has 1 aliphatic heterocycles. The van der Waals surface area contributed by atoms with Gasteiger partial charge < -0.3 is 5.32 Å². The van der Waals surface area contributed by atoms with E-state index in [1.54, 1.807) is 6.07 Å². The van der Waals surface area contributed by atoms with Crippen molar-refractivity contribution in [3.63, 3.8) is 0 Å². The molecule has 16 heavy (non-hydrogen) atoms. The van der Waals surface area contributed by atoms with Crippen LogP contribution in [0.3, 0.4) is 0 Å². The summed E-state index contributed by atoms with van der Waals surface area (Å²) < 4.78 is 13.2. The second-order valence-electron chi connectivity index (χ2n) is 5.28. The van der Waals surface area contributed by atoms with Crippen molar-refractivity contribution in [2.45, 2.75) is 32.1 Å². The normalized spacial score (nSPS) is 22.1. The Labute approximate surface area is 97.1 Å². The van der Waals surface area contributed by atoms with Gasteiger partial charge in [0.25, 0.3) is 0 Å². The fourth-order valence-electron chi connectivity index (χ4n) is 2.59. The highest BCUT2D eigenvalue weighted by molar-refractivity contribution is 5.25. The van der Waals surface area contributed by atoms with Crippen molar-refractivity contribution in [3.8, 4) is 0 Å². The molecule has 1 aromatic carbocycles. The van der Waals surface area contributed by atoms with Crippen molar-refractivity contribution in [2.75, 3.05) is 13.1 Å². The average Bonchev–Trinajstić information content (AvgIpc) is 2.30. The monoisotopic (exact) mass is 221 g/mol. The maximum Gasteiger partial charge on any atom is 0.123 e. The molecule has 0 radical (unpaired) electrons. The Hall–Kier alpha value is -0.890. The first kappa shape index (κ1) is 11.6. The number of hydrogen-bond acceptors (Lipinski definition) is 1. The minimum atomic E-state index is -0.130. The number of halogens is 1. The molecule has 1 nitrogen and oxygen atoms in total. The van der Waals surface area contributed by atoms with E-state index in [0.717, 1.165) is 18.7 Å². The molecule has 1 atom stereocenters. The molecule has 1 N–H and O–H groups in total. The minimum absolute atomic E-state index is 0.0511. The molecule has 1 heterocycles. The number of hydrogen-bond donors (Lipinski definition) is 1. The van der Waals surface area contributed by atoms with Gasteiger partial charge in [0.15, 0.2) is 0 Å². The summed E-state index contributed by atoms with van der Waals surface area (Å²) in [6.45, 7) is 6.61. The van der Waals surface area contributed by atoms with Gasteiger partial charge in [-0.15, -0.1) is 0 Å². The van der Waals surface area contributed by atoms with Crippen molar-refractivity contribution in [3.05, 3.63) is 35.6 Å². The zero-order chi connectivity index (χ0) is 11.6. The molecule has 0 saturated carbocycles. The fraction of sp³-hybridized carbons (Fsp3) is 0.571. The van der Waals surface area contributed by atoms with E-state index in [1.165, 1.54) is 18.9 Å². The van der Waals surface area contributed by atoms with Crippen LogP contribution in [-0.4, -0.2) is 13.1 Å². The van der Waals surface area contributed by atoms with Crippen LogP contribution in [0.15, 0.2) is 24.3 Å². The van der Waals surface area contributed by atoms with Crippen LogP contribution in [0.25, 0.3) is 0 Å². The van der Waals surface area contributed by atoms with Gasteiger partial charge in [0.05, 0.1) is 0 Å². The molecule has 1 unspecified atom stereocenters. The van der Waals surface area contributed by atoms with E-state index in [1.807, 2.05) is 12.1 Å². The van der Waals surface area contributed by atoms with E-state index in [9.17, 15) is 4.39 Å². The van der Waals surface area contributed by atoms with Gasteiger partial charge in [-0.1, -0.05) is 26.0 Å². The van der Waals surface area contributed by atoms with E-state index in [4.69, 9.17) is 0 Å². The van der Waals surface area contributed by atoms with E-state index < -0.39 is 0 Å². The molecule has 1 aliphatic rings. The predicted molar refractivity (Wildman–Crippen MR) is 65.0 cm³/mol. The van der Waals surface area contributed by atoms with Crippen LogP contribution in [-0.2, 0) is 5.41 Å². The third kappa shape index (κ3) is 2.27. The van der Waals surface area contributed by atoms with Crippen LogP contribution in [0.2, 0.25) is 0 Å². The number of rotatable bonds is 2. The Kier molecular flexibility index (Phi) is 3.29. The van der Waals surface area contributed by atoms with Crippen molar-refractivity contribution >= 4 is 0 Å². The Morgan fingerprint density at radius 3 is 2.81 bits per heavy atom. The molecule has 88 valence electrons. The van der Waals surface area contributed by atoms with Gasteiger partial charge >= 0.3 is 0 Å². The quantitative estimate of drug-likeness (QED) is 0.809. The molecule has 1 aromatic rings. The van der Waals surface area contributed by atoms with E-state index in [2.05, 4.69) is 19.2 Å². The summed E-state index contributed by atoms with van der Waals surface area (Å²) in [5.74, 6) is 0.470. The van der Waals surface area contributed by atoms with Crippen LogP contribution in [0.4, 0.5) is 4.39 Å². The molecule has 0 bridgehead atoms. The van der Waals surface area contributed by atoms with E-state index in [0.29, 0.717) is 5.92 Å². The van der Waals surface area contributed by atoms with Crippen LogP contribution in [0.5, 0.6) is 0 Å². The molecule has 0 aliphatic carbocycles. The summed E-state index contributed by atoms with van der Waals surface area (Å²) in [6, 6.07) is 7.04. The molecular formula is C14H20FN. The molecule has 1 fully saturated rings. The van der Waals surface area contributed by atoms with Crippen LogP contribution in [0.1, 0.15) is 32.3 Å². The second kappa shape index (κ2) is 4.54. The average molecular weight is 221 g/mol. The van der Waals surface area contributed by atoms with Crippen molar-refractivity contribution in [1.82, 2.24) is 5.32 Å². The van der Waals surface area contributed by atoms with Gasteiger partial charge in [-0.2, -0.15) is 0 Å². The number of benzene rings is 1. The lowest BCUT2D eigenvalue weighted by Crippen LogP contribution is -2.40. The van der Waals surface area contributed by atoms with Gasteiger partial charge in [0.1, 0.15) is 5.82 Å². The molecule has 0 amide bonds. The predicted octanol–water partition coefficient (Wildman–Crippen LogP) is 3.10. The smallest absolute Gasteiger partial charge is 0.123 e. The zero-order valence-corrected chi connectivity index (χ0v) is 10.1. The van der Waals surface area contributed by atoms with Crippen molar-refractivity contribution in [1.29, 1.82) is 0 Å². The standard InChI is InChI=1S/C14H20FN/c1-14(2,12-6-4-8-16-10-12)11-5-3-7-13(15)9-11/h3,5,7,9,12,16H,4,6,8,10H2,1-2H3. The highest BCUT2D eigenvalue weighted by Crippen LogP contribution is 2.35. The highest BCUT2D eigenvalue weighted by Gasteiger charge is 2.32. The second-order valence-corrected chi connectivity index (χ2v) is 5.28. The van der Waals surface area contributed by atoms with E-state index >= 15 is 0 Å². The van der Waals surface area contributed by atoms with Gasteiger partial charge in [0.2, 0.25) is 0 Å². The van der Waals surface area contributed by atoms with E-state index in [-0.39, 0.29) is 11.2 Å². The van der Waals surface area contributed by atoms with Crippen molar-refractivity contribution in [2.24, 2.45) is 5.92 Å². The molecule has 2 rings (SSSR count). The molecule has 0 spiro atoms. The first-order valence-electron chi connectivity index (χ1n) is 6.07. The fourth-order valence-corrected chi connectivity index (χ4v) is 2.59. The molecule has 2 heteroatoms. The van der Waals surface area contributed by atoms with Crippen LogP contribution >= 0.6 is 0 Å². The SMILES string of the molecule is CC(C)(c1cccc(F)c1)C1CCCNC1. The van der Waals surface area contributed by atoms with Crippen molar-refractivity contribution < 1.29 is 4.39 Å². The largest absolute Gasteiger partial charge is 0.316 e. The summed E-state index contributed by atoms with van der Waals surface area (Å²) in [7, 11) is 0. The Morgan fingerprint density at radius 1 is 1.38 bits per heavy atom. The van der Waals surface area contributed by atoms with Crippen LogP contribution in [0, 0.1) is 11.7 Å². The summed E-state index contributed by atoms with van der Waals surface area (Å²) in [5.41, 5.74) is 1.16. The lowest BCUT2D eigenvalue weighted by atomic mass is 9.70. The van der Waals surface area contributed by atoms with Gasteiger partial charge in [-0.3, -0.25) is 0 Å². The van der Waals surface area contributed by atoms with Crippen LogP contribution < -0.4 is 5.32 Å². The Balaban J connectivity index is 2.22. The Bertz CT molecular complexity index is 354. The van der Waals surface area contributed by atoms with Gasteiger partial charge in [0, 0.05) is 0 Å². The third-order valence-electron chi connectivity index (χ3n) is 3.89. The Morgan fingerprint density at radius 2 is 2.19 bits per heavy atom. The molecular weight excluding hydrogens is 201 g/mol. The first-order valence-corrected chi connectivity index (χ1v) is 6.07. The maximum atomic E-state index is 13.2. The molecule has 0 aromatic heterocycles. The minimum Gasteiger partial charge on any atom is -0.316 e. The maximum absolute atomic E-state index is 13.2. The number of nitrogens with one attached hydrogen (secondary N) is 1. The summed E-state index contributed by atoms with van der Waals surface area (Å²) >= 11 is 0. The van der Waals surface area contributed by atoms with Gasteiger partial charge in [-0.05, 0) is 55.0 Å². The summed E-state index contributed by atoms with van der Waals surface area (Å²) in [6.07, 6.45) is 2.46.